The Labute approximate surface area is 188 Å². The first-order valence-electron chi connectivity index (χ1n) is 10.3. The summed E-state index contributed by atoms with van der Waals surface area (Å²) < 4.78 is 15.7. The Bertz CT molecular complexity index is 748. The number of nitrogens with two attached hydrogens (primary N) is 1. The quantitative estimate of drug-likeness (QED) is 0.365. The lowest BCUT2D eigenvalue weighted by atomic mass is 10.1. The maximum Gasteiger partial charge on any atom is 0.407 e. The summed E-state index contributed by atoms with van der Waals surface area (Å²) in [6, 6.07) is 4.98. The second-order valence-electron chi connectivity index (χ2n) is 8.17. The van der Waals surface area contributed by atoms with Gasteiger partial charge in [0, 0.05) is 12.8 Å². The van der Waals surface area contributed by atoms with Gasteiger partial charge in [0.25, 0.3) is 0 Å². The van der Waals surface area contributed by atoms with E-state index >= 15 is 0 Å². The summed E-state index contributed by atoms with van der Waals surface area (Å²) in [5.74, 6) is -0.229. The molecule has 0 aliphatic heterocycles. The molecule has 0 fully saturated rings. The Hall–Kier alpha value is -2.48. The second kappa shape index (κ2) is 13.0. The topological polar surface area (TPSA) is 117 Å². The molecule has 0 radical (unpaired) electrons. The predicted molar refractivity (Wildman–Crippen MR) is 118 cm³/mol. The lowest BCUT2D eigenvalue weighted by molar-refractivity contribution is -0.140. The van der Waals surface area contributed by atoms with E-state index in [0.717, 1.165) is 12.0 Å². The molecule has 0 aliphatic rings. The summed E-state index contributed by atoms with van der Waals surface area (Å²) in [7, 11) is 1.37. The van der Waals surface area contributed by atoms with Gasteiger partial charge in [0.15, 0.2) is 0 Å². The van der Waals surface area contributed by atoms with E-state index < -0.39 is 23.6 Å². The second-order valence-corrected chi connectivity index (χ2v) is 8.55. The van der Waals surface area contributed by atoms with Crippen LogP contribution in [0.5, 0.6) is 5.75 Å². The lowest BCUT2D eigenvalue weighted by Crippen LogP contribution is -2.42. The van der Waals surface area contributed by atoms with Crippen molar-refractivity contribution >= 4 is 29.6 Å². The van der Waals surface area contributed by atoms with Gasteiger partial charge < -0.3 is 25.3 Å². The largest absolute Gasteiger partial charge is 0.490 e. The number of alkyl carbamates (subject to hydrolysis) is 1. The van der Waals surface area contributed by atoms with Crippen molar-refractivity contribution in [2.45, 2.75) is 70.9 Å². The first kappa shape index (κ1) is 26.6. The van der Waals surface area contributed by atoms with Gasteiger partial charge in [0.2, 0.25) is 5.91 Å². The highest BCUT2D eigenvalue weighted by molar-refractivity contribution is 6.32. The summed E-state index contributed by atoms with van der Waals surface area (Å²) in [5.41, 5.74) is 5.49. The van der Waals surface area contributed by atoms with Gasteiger partial charge >= 0.3 is 12.1 Å². The van der Waals surface area contributed by atoms with Crippen molar-refractivity contribution < 1.29 is 28.6 Å². The molecule has 0 heterocycles. The van der Waals surface area contributed by atoms with Crippen LogP contribution in [0.25, 0.3) is 0 Å². The van der Waals surface area contributed by atoms with Crippen LogP contribution in [-0.2, 0) is 25.5 Å². The monoisotopic (exact) mass is 456 g/mol. The van der Waals surface area contributed by atoms with Crippen LogP contribution >= 0.6 is 11.6 Å². The molecule has 1 atom stereocenters. The first-order valence-corrected chi connectivity index (χ1v) is 10.6. The molecule has 0 unspecified atom stereocenters. The van der Waals surface area contributed by atoms with Crippen molar-refractivity contribution in [2.75, 3.05) is 13.7 Å². The van der Waals surface area contributed by atoms with Crippen LogP contribution in [0.1, 0.15) is 58.4 Å². The number of carbonyl (C=O) groups excluding carboxylic acids is 3. The fraction of sp³-hybridized carbons (Fsp3) is 0.591. The number of amides is 2. The third-order valence-corrected chi connectivity index (χ3v) is 4.68. The predicted octanol–water partition coefficient (Wildman–Crippen LogP) is 3.76. The van der Waals surface area contributed by atoms with Gasteiger partial charge in [-0.15, -0.1) is 0 Å². The molecule has 174 valence electrons. The highest BCUT2D eigenvalue weighted by atomic mass is 35.5. The Morgan fingerprint density at radius 1 is 1.16 bits per heavy atom. The fourth-order valence-electron chi connectivity index (χ4n) is 2.73. The summed E-state index contributed by atoms with van der Waals surface area (Å²) in [4.78, 5) is 34.5. The maximum absolute atomic E-state index is 12.1. The molecule has 0 saturated carbocycles. The minimum absolute atomic E-state index is 0.0950. The number of rotatable bonds is 12. The molecule has 0 aliphatic carbocycles. The SMILES string of the molecule is COC(=O)CCCCc1cccc(OC[C@H](CCC(N)=O)NC(=O)OC(C)(C)C)c1Cl. The van der Waals surface area contributed by atoms with Gasteiger partial charge in [-0.2, -0.15) is 0 Å². The number of aryl methyl sites for hydroxylation is 1. The number of nitrogens with one attached hydrogen (secondary N) is 1. The van der Waals surface area contributed by atoms with Crippen LogP contribution in [-0.4, -0.2) is 43.3 Å². The van der Waals surface area contributed by atoms with E-state index in [2.05, 4.69) is 10.1 Å². The summed E-state index contributed by atoms with van der Waals surface area (Å²) in [6.45, 7) is 5.38. The molecule has 8 nitrogen and oxygen atoms in total. The zero-order valence-electron chi connectivity index (χ0n) is 18.7. The Morgan fingerprint density at radius 2 is 1.87 bits per heavy atom. The highest BCUT2D eigenvalue weighted by Crippen LogP contribution is 2.29. The molecule has 2 amide bonds. The molecular formula is C22H33ClN2O6. The molecule has 9 heteroatoms. The maximum atomic E-state index is 12.1. The number of ether oxygens (including phenoxy) is 3. The van der Waals surface area contributed by atoms with Gasteiger partial charge in [-0.05, 0) is 58.1 Å². The summed E-state index contributed by atoms with van der Waals surface area (Å²) in [5, 5.41) is 3.19. The van der Waals surface area contributed by atoms with Gasteiger partial charge in [-0.1, -0.05) is 23.7 Å². The number of esters is 1. The van der Waals surface area contributed by atoms with Crippen molar-refractivity contribution in [1.29, 1.82) is 0 Å². The average Bonchev–Trinajstić information content (AvgIpc) is 2.67. The van der Waals surface area contributed by atoms with Gasteiger partial charge in [0.1, 0.15) is 18.0 Å². The summed E-state index contributed by atoms with van der Waals surface area (Å²) in [6.07, 6.45) is 2.33. The van der Waals surface area contributed by atoms with Gasteiger partial charge in [-0.25, -0.2) is 4.79 Å². The van der Waals surface area contributed by atoms with Crippen molar-refractivity contribution in [3.8, 4) is 5.75 Å². The van der Waals surface area contributed by atoms with Crippen LogP contribution in [0.4, 0.5) is 4.79 Å². The van der Waals surface area contributed by atoms with E-state index in [9.17, 15) is 14.4 Å². The Kier molecular flexibility index (Phi) is 11.2. The van der Waals surface area contributed by atoms with Crippen molar-refractivity contribution in [3.63, 3.8) is 0 Å². The molecule has 0 aromatic heterocycles. The molecular weight excluding hydrogens is 424 g/mol. The van der Waals surface area contributed by atoms with E-state index in [1.807, 2.05) is 12.1 Å². The normalized spacial score (nSPS) is 12.0. The standard InChI is InChI=1S/C22H33ClN2O6/c1-22(2,3)31-21(28)25-16(12-13-18(24)26)14-30-17-10-7-9-15(20(17)23)8-5-6-11-19(27)29-4/h7,9-10,16H,5-6,8,11-14H2,1-4H3,(H2,24,26)(H,25,28)/t16-/m0/s1. The Balaban J connectivity index is 2.70. The number of hydrogen-bond acceptors (Lipinski definition) is 6. The van der Waals surface area contributed by atoms with Crippen LogP contribution in [0.2, 0.25) is 5.02 Å². The van der Waals surface area contributed by atoms with Gasteiger partial charge in [-0.3, -0.25) is 9.59 Å². The minimum atomic E-state index is -0.648. The zero-order chi connectivity index (χ0) is 23.4. The molecule has 0 saturated heterocycles. The number of benzene rings is 1. The van der Waals surface area contributed by atoms with E-state index in [4.69, 9.17) is 26.8 Å². The molecule has 3 N–H and O–H groups in total. The van der Waals surface area contributed by atoms with Crippen LogP contribution in [0.15, 0.2) is 18.2 Å². The number of unbranched alkanes of at least 4 members (excludes halogenated alkanes) is 1. The summed E-state index contributed by atoms with van der Waals surface area (Å²) >= 11 is 6.48. The van der Waals surface area contributed by atoms with Crippen molar-refractivity contribution in [2.24, 2.45) is 5.73 Å². The number of methoxy groups -OCH3 is 1. The number of carbonyl (C=O) groups is 3. The molecule has 31 heavy (non-hydrogen) atoms. The minimum Gasteiger partial charge on any atom is -0.490 e. The average molecular weight is 457 g/mol. The number of primary amides is 1. The number of halogens is 1. The smallest absolute Gasteiger partial charge is 0.407 e. The van der Waals surface area contributed by atoms with E-state index in [-0.39, 0.29) is 19.0 Å². The van der Waals surface area contributed by atoms with Crippen molar-refractivity contribution in [3.05, 3.63) is 28.8 Å². The fourth-order valence-corrected chi connectivity index (χ4v) is 3.00. The molecule has 0 spiro atoms. The van der Waals surface area contributed by atoms with E-state index in [0.29, 0.717) is 36.5 Å². The molecule has 1 aromatic rings. The Morgan fingerprint density at radius 3 is 2.48 bits per heavy atom. The highest BCUT2D eigenvalue weighted by Gasteiger charge is 2.21. The van der Waals surface area contributed by atoms with Crippen LogP contribution in [0.3, 0.4) is 0 Å². The first-order chi connectivity index (χ1) is 14.5. The van der Waals surface area contributed by atoms with Crippen LogP contribution < -0.4 is 15.8 Å². The lowest BCUT2D eigenvalue weighted by Gasteiger charge is -2.24. The zero-order valence-corrected chi connectivity index (χ0v) is 19.4. The number of hydrogen-bond donors (Lipinski definition) is 2. The molecule has 1 aromatic carbocycles. The van der Waals surface area contributed by atoms with Crippen LogP contribution in [0, 0.1) is 0 Å². The third-order valence-electron chi connectivity index (χ3n) is 4.25. The van der Waals surface area contributed by atoms with E-state index in [1.165, 1.54) is 7.11 Å². The van der Waals surface area contributed by atoms with Gasteiger partial charge in [0.05, 0.1) is 18.2 Å². The van der Waals surface area contributed by atoms with E-state index in [1.54, 1.807) is 26.8 Å². The third kappa shape index (κ3) is 11.5. The molecule has 1 rings (SSSR count). The molecule has 0 bridgehead atoms. The van der Waals surface area contributed by atoms with Crippen molar-refractivity contribution in [1.82, 2.24) is 5.32 Å².